The van der Waals surface area contributed by atoms with Crippen molar-refractivity contribution in [3.05, 3.63) is 28.6 Å². The first-order valence-electron chi connectivity index (χ1n) is 7.59. The second kappa shape index (κ2) is 6.42. The van der Waals surface area contributed by atoms with Crippen LogP contribution in [-0.4, -0.2) is 40.3 Å². The molecule has 2 atom stereocenters. The number of nitrogens with zero attached hydrogens (tertiary/aromatic N) is 1. The molecule has 0 aromatic carbocycles. The zero-order valence-corrected chi connectivity index (χ0v) is 13.6. The molecule has 0 saturated carbocycles. The summed E-state index contributed by atoms with van der Waals surface area (Å²) in [5.74, 6) is 0.427. The minimum atomic E-state index is -0.519. The van der Waals surface area contributed by atoms with Crippen LogP contribution in [-0.2, 0) is 4.74 Å². The van der Waals surface area contributed by atoms with Crippen molar-refractivity contribution < 1.29 is 14.3 Å². The maximum atomic E-state index is 12.3. The van der Waals surface area contributed by atoms with Gasteiger partial charge in [-0.1, -0.05) is 0 Å². The summed E-state index contributed by atoms with van der Waals surface area (Å²) >= 11 is 0. The van der Waals surface area contributed by atoms with Gasteiger partial charge in [0.1, 0.15) is 11.7 Å². The topological polar surface area (TPSA) is 71.6 Å². The minimum absolute atomic E-state index is 0.109. The summed E-state index contributed by atoms with van der Waals surface area (Å²) in [5, 5.41) is 0. The Bertz CT molecular complexity index is 576. The van der Waals surface area contributed by atoms with Crippen molar-refractivity contribution >= 4 is 6.09 Å². The second-order valence-electron chi connectivity index (χ2n) is 6.69. The fourth-order valence-corrected chi connectivity index (χ4v) is 2.42. The smallest absolute Gasteiger partial charge is 0.410 e. The fraction of sp³-hybridized carbons (Fsp3) is 0.625. The first-order valence-corrected chi connectivity index (χ1v) is 7.59. The largest absolute Gasteiger partial charge is 0.474 e. The Balaban J connectivity index is 2.01. The fourth-order valence-electron chi connectivity index (χ4n) is 2.42. The van der Waals surface area contributed by atoms with Crippen molar-refractivity contribution in [1.29, 1.82) is 0 Å². The summed E-state index contributed by atoms with van der Waals surface area (Å²) in [6, 6.07) is 2.96. The quantitative estimate of drug-likeness (QED) is 0.911. The number of aromatic amines is 1. The number of amides is 1. The molecule has 1 aromatic heterocycles. The Kier molecular flexibility index (Phi) is 4.78. The van der Waals surface area contributed by atoms with E-state index in [1.807, 2.05) is 27.7 Å². The van der Waals surface area contributed by atoms with E-state index in [9.17, 15) is 9.59 Å². The molecular weight excluding hydrogens is 284 g/mol. The molecule has 1 amide bonds. The lowest BCUT2D eigenvalue weighted by Gasteiger charge is -2.38. The number of hydrogen-bond donors (Lipinski definition) is 1. The molecule has 1 saturated heterocycles. The van der Waals surface area contributed by atoms with Gasteiger partial charge in [0.05, 0.1) is 6.54 Å². The Labute approximate surface area is 130 Å². The van der Waals surface area contributed by atoms with Crippen molar-refractivity contribution in [1.82, 2.24) is 9.88 Å². The standard InChI is InChI=1S/C16H24N2O4/c1-11-5-6-13(21-14-9-12(19)7-8-17-14)10-18(11)15(20)22-16(2,3)4/h7-9,11,13H,5-6,10H2,1-4H3,(H,17,19)/t11-,13-/m1/s1. The number of likely N-dealkylation sites (tertiary alicyclic amines) is 1. The molecule has 0 bridgehead atoms. The predicted octanol–water partition coefficient (Wildman–Crippen LogP) is 2.54. The van der Waals surface area contributed by atoms with Crippen molar-refractivity contribution in [3.8, 4) is 5.88 Å². The highest BCUT2D eigenvalue weighted by atomic mass is 16.6. The number of pyridine rings is 1. The van der Waals surface area contributed by atoms with Gasteiger partial charge in [0.2, 0.25) is 0 Å². The van der Waals surface area contributed by atoms with Gasteiger partial charge in [0.25, 0.3) is 0 Å². The average molecular weight is 308 g/mol. The van der Waals surface area contributed by atoms with Crippen LogP contribution in [0.3, 0.4) is 0 Å². The predicted molar refractivity (Wildman–Crippen MR) is 83.1 cm³/mol. The number of aromatic nitrogens is 1. The number of hydrogen-bond acceptors (Lipinski definition) is 4. The van der Waals surface area contributed by atoms with E-state index in [0.717, 1.165) is 12.8 Å². The molecule has 1 aliphatic rings. The third-order valence-corrected chi connectivity index (χ3v) is 3.51. The number of carbonyl (C=O) groups excluding carboxylic acids is 1. The van der Waals surface area contributed by atoms with Crippen LogP contribution >= 0.6 is 0 Å². The summed E-state index contributed by atoms with van der Waals surface area (Å²) in [4.78, 5) is 28.2. The lowest BCUT2D eigenvalue weighted by Crippen LogP contribution is -2.50. The van der Waals surface area contributed by atoms with E-state index in [4.69, 9.17) is 9.47 Å². The van der Waals surface area contributed by atoms with Crippen LogP contribution in [0, 0.1) is 0 Å². The number of nitrogens with one attached hydrogen (secondary N) is 1. The van der Waals surface area contributed by atoms with Crippen molar-refractivity contribution in [2.45, 2.75) is 58.3 Å². The highest BCUT2D eigenvalue weighted by Gasteiger charge is 2.33. The van der Waals surface area contributed by atoms with Gasteiger partial charge < -0.3 is 19.4 Å². The summed E-state index contributed by atoms with van der Waals surface area (Å²) in [7, 11) is 0. The van der Waals surface area contributed by atoms with E-state index in [-0.39, 0.29) is 23.7 Å². The van der Waals surface area contributed by atoms with Gasteiger partial charge in [-0.25, -0.2) is 4.79 Å². The molecular formula is C16H24N2O4. The maximum Gasteiger partial charge on any atom is 0.410 e. The molecule has 0 radical (unpaired) electrons. The summed E-state index contributed by atoms with van der Waals surface area (Å²) in [6.07, 6.45) is 2.74. The first kappa shape index (κ1) is 16.4. The van der Waals surface area contributed by atoms with Gasteiger partial charge in [-0.05, 0) is 40.5 Å². The van der Waals surface area contributed by atoms with Crippen LogP contribution in [0.2, 0.25) is 0 Å². The molecule has 122 valence electrons. The lowest BCUT2D eigenvalue weighted by atomic mass is 10.0. The third kappa shape index (κ3) is 4.51. The zero-order valence-electron chi connectivity index (χ0n) is 13.6. The molecule has 2 heterocycles. The van der Waals surface area contributed by atoms with E-state index in [2.05, 4.69) is 4.98 Å². The molecule has 2 rings (SSSR count). The van der Waals surface area contributed by atoms with Crippen LogP contribution in [0.1, 0.15) is 40.5 Å². The normalized spacial score (nSPS) is 22.3. The molecule has 6 nitrogen and oxygen atoms in total. The van der Waals surface area contributed by atoms with Gasteiger partial charge in [0, 0.05) is 24.4 Å². The highest BCUT2D eigenvalue weighted by molar-refractivity contribution is 5.68. The average Bonchev–Trinajstić information content (AvgIpc) is 2.39. The van der Waals surface area contributed by atoms with Gasteiger partial charge in [-0.2, -0.15) is 0 Å². The van der Waals surface area contributed by atoms with Crippen LogP contribution in [0.5, 0.6) is 5.88 Å². The van der Waals surface area contributed by atoms with E-state index in [1.54, 1.807) is 11.1 Å². The van der Waals surface area contributed by atoms with Gasteiger partial charge >= 0.3 is 6.09 Å². The maximum absolute atomic E-state index is 12.3. The van der Waals surface area contributed by atoms with E-state index in [0.29, 0.717) is 12.4 Å². The van der Waals surface area contributed by atoms with Crippen LogP contribution in [0.4, 0.5) is 4.79 Å². The Morgan fingerprint density at radius 3 is 2.73 bits per heavy atom. The molecule has 0 spiro atoms. The molecule has 0 unspecified atom stereocenters. The summed E-state index contributed by atoms with van der Waals surface area (Å²) in [6.45, 7) is 8.00. The van der Waals surface area contributed by atoms with Gasteiger partial charge in [-0.3, -0.25) is 4.79 Å². The number of carbonyl (C=O) groups is 1. The van der Waals surface area contributed by atoms with Crippen LogP contribution < -0.4 is 10.2 Å². The highest BCUT2D eigenvalue weighted by Crippen LogP contribution is 2.22. The monoisotopic (exact) mass is 308 g/mol. The number of piperidine rings is 1. The second-order valence-corrected chi connectivity index (χ2v) is 6.69. The van der Waals surface area contributed by atoms with Crippen LogP contribution in [0.15, 0.2) is 23.1 Å². The Morgan fingerprint density at radius 1 is 1.36 bits per heavy atom. The van der Waals surface area contributed by atoms with Crippen molar-refractivity contribution in [3.63, 3.8) is 0 Å². The molecule has 1 fully saturated rings. The van der Waals surface area contributed by atoms with Crippen LogP contribution in [0.25, 0.3) is 0 Å². The SMILES string of the molecule is C[C@@H]1CC[C@@H](Oc2cc(=O)cc[nH]2)CN1C(=O)OC(C)(C)C. The molecule has 0 aliphatic carbocycles. The molecule has 1 aliphatic heterocycles. The number of rotatable bonds is 2. The van der Waals surface area contributed by atoms with E-state index in [1.165, 1.54) is 12.1 Å². The molecule has 6 heteroatoms. The number of ether oxygens (including phenoxy) is 2. The summed E-state index contributed by atoms with van der Waals surface area (Å²) < 4.78 is 11.2. The van der Waals surface area contributed by atoms with Gasteiger partial charge in [0.15, 0.2) is 11.3 Å². The number of H-pyrrole nitrogens is 1. The Hall–Kier alpha value is -1.98. The Morgan fingerprint density at radius 2 is 2.09 bits per heavy atom. The van der Waals surface area contributed by atoms with Crippen molar-refractivity contribution in [2.24, 2.45) is 0 Å². The summed E-state index contributed by atoms with van der Waals surface area (Å²) in [5.41, 5.74) is -0.628. The lowest BCUT2D eigenvalue weighted by molar-refractivity contribution is -0.00598. The minimum Gasteiger partial charge on any atom is -0.474 e. The molecule has 22 heavy (non-hydrogen) atoms. The van der Waals surface area contributed by atoms with Crippen molar-refractivity contribution in [2.75, 3.05) is 6.54 Å². The van der Waals surface area contributed by atoms with Gasteiger partial charge in [-0.15, -0.1) is 0 Å². The van der Waals surface area contributed by atoms with E-state index >= 15 is 0 Å². The third-order valence-electron chi connectivity index (χ3n) is 3.51. The molecule has 1 aromatic rings. The zero-order chi connectivity index (χ0) is 16.3. The molecule has 1 N–H and O–H groups in total. The first-order chi connectivity index (χ1) is 10.2. The van der Waals surface area contributed by atoms with E-state index < -0.39 is 5.60 Å².